The Bertz CT molecular complexity index is 658. The van der Waals surface area contributed by atoms with Gasteiger partial charge in [0.15, 0.2) is 0 Å². The molecule has 116 valence electrons. The molecule has 0 saturated carbocycles. The standard InChI is InChI=1S/C17H18ClNO3/c1-12-11-13(8-9-14(12)18)22-10-4-7-17(21)19-15-5-2-3-6-16(15)20/h2-3,5-6,8-9,11,20H,4,7,10H2,1H3,(H,19,21). The van der Waals surface area contributed by atoms with E-state index in [0.717, 1.165) is 11.3 Å². The van der Waals surface area contributed by atoms with Gasteiger partial charge in [-0.15, -0.1) is 0 Å². The molecular weight excluding hydrogens is 302 g/mol. The lowest BCUT2D eigenvalue weighted by Gasteiger charge is -2.09. The summed E-state index contributed by atoms with van der Waals surface area (Å²) in [6, 6.07) is 12.1. The molecule has 0 aliphatic rings. The fourth-order valence-corrected chi connectivity index (χ4v) is 2.04. The Labute approximate surface area is 134 Å². The fraction of sp³-hybridized carbons (Fsp3) is 0.235. The molecule has 0 atom stereocenters. The van der Waals surface area contributed by atoms with Gasteiger partial charge in [0, 0.05) is 11.4 Å². The molecule has 0 spiro atoms. The van der Waals surface area contributed by atoms with Gasteiger partial charge in [-0.25, -0.2) is 0 Å². The Kier molecular flexibility index (Phi) is 5.67. The molecule has 0 aliphatic heterocycles. The van der Waals surface area contributed by atoms with Crippen LogP contribution in [0.25, 0.3) is 0 Å². The van der Waals surface area contributed by atoms with E-state index in [1.165, 1.54) is 6.07 Å². The number of carbonyl (C=O) groups is 1. The first kappa shape index (κ1) is 16.2. The second kappa shape index (κ2) is 7.71. The minimum atomic E-state index is -0.155. The van der Waals surface area contributed by atoms with Gasteiger partial charge < -0.3 is 15.2 Å². The number of phenols is 1. The highest BCUT2D eigenvalue weighted by atomic mass is 35.5. The molecule has 2 rings (SSSR count). The normalized spacial score (nSPS) is 10.3. The fourth-order valence-electron chi connectivity index (χ4n) is 1.92. The molecule has 2 N–H and O–H groups in total. The maximum Gasteiger partial charge on any atom is 0.224 e. The number of ether oxygens (including phenoxy) is 1. The highest BCUT2D eigenvalue weighted by Crippen LogP contribution is 2.22. The molecule has 0 heterocycles. The molecule has 0 bridgehead atoms. The number of hydrogen-bond acceptors (Lipinski definition) is 3. The predicted octanol–water partition coefficient (Wildman–Crippen LogP) is 4.15. The van der Waals surface area contributed by atoms with E-state index >= 15 is 0 Å². The number of para-hydroxylation sites is 2. The summed E-state index contributed by atoms with van der Waals surface area (Å²) in [5.74, 6) is 0.643. The van der Waals surface area contributed by atoms with Gasteiger partial charge >= 0.3 is 0 Å². The average molecular weight is 320 g/mol. The van der Waals surface area contributed by atoms with Gasteiger partial charge in [-0.3, -0.25) is 4.79 Å². The molecular formula is C17H18ClNO3. The third kappa shape index (κ3) is 4.67. The summed E-state index contributed by atoms with van der Waals surface area (Å²) >= 11 is 5.94. The molecule has 2 aromatic rings. The van der Waals surface area contributed by atoms with Gasteiger partial charge in [-0.05, 0) is 49.2 Å². The number of amides is 1. The summed E-state index contributed by atoms with van der Waals surface area (Å²) in [5, 5.41) is 12.9. The van der Waals surface area contributed by atoms with E-state index in [9.17, 15) is 9.90 Å². The number of halogens is 1. The highest BCUT2D eigenvalue weighted by Gasteiger charge is 2.06. The molecule has 2 aromatic carbocycles. The Morgan fingerprint density at radius 3 is 2.77 bits per heavy atom. The third-order valence-electron chi connectivity index (χ3n) is 3.12. The minimum absolute atomic E-state index is 0.0590. The molecule has 0 aromatic heterocycles. The summed E-state index contributed by atoms with van der Waals surface area (Å²) in [6.45, 7) is 2.35. The SMILES string of the molecule is Cc1cc(OCCCC(=O)Nc2ccccc2O)ccc1Cl. The van der Waals surface area contributed by atoms with E-state index in [1.807, 2.05) is 13.0 Å². The summed E-state index contributed by atoms with van der Waals surface area (Å²) in [7, 11) is 0. The number of benzene rings is 2. The number of carbonyl (C=O) groups excluding carboxylic acids is 1. The van der Waals surface area contributed by atoms with Gasteiger partial charge in [0.25, 0.3) is 0 Å². The number of rotatable bonds is 6. The Morgan fingerprint density at radius 2 is 2.05 bits per heavy atom. The van der Waals surface area contributed by atoms with E-state index in [0.29, 0.717) is 30.2 Å². The van der Waals surface area contributed by atoms with Crippen LogP contribution in [-0.2, 0) is 4.79 Å². The zero-order chi connectivity index (χ0) is 15.9. The van der Waals surface area contributed by atoms with Crippen molar-refractivity contribution < 1.29 is 14.6 Å². The first-order valence-corrected chi connectivity index (χ1v) is 7.41. The van der Waals surface area contributed by atoms with Gasteiger partial charge in [0.05, 0.1) is 12.3 Å². The maximum atomic E-state index is 11.8. The maximum absolute atomic E-state index is 11.8. The first-order valence-electron chi connectivity index (χ1n) is 7.03. The molecule has 22 heavy (non-hydrogen) atoms. The second-order valence-electron chi connectivity index (χ2n) is 4.93. The van der Waals surface area contributed by atoms with Gasteiger partial charge in [-0.1, -0.05) is 23.7 Å². The predicted molar refractivity (Wildman–Crippen MR) is 87.7 cm³/mol. The van der Waals surface area contributed by atoms with E-state index in [2.05, 4.69) is 5.32 Å². The Hall–Kier alpha value is -2.20. The van der Waals surface area contributed by atoms with Crippen molar-refractivity contribution in [2.75, 3.05) is 11.9 Å². The number of hydrogen-bond donors (Lipinski definition) is 2. The van der Waals surface area contributed by atoms with Crippen molar-refractivity contribution in [2.24, 2.45) is 0 Å². The van der Waals surface area contributed by atoms with Crippen molar-refractivity contribution >= 4 is 23.2 Å². The van der Waals surface area contributed by atoms with E-state index in [4.69, 9.17) is 16.3 Å². The summed E-state index contributed by atoms with van der Waals surface area (Å²) in [5.41, 5.74) is 1.37. The number of aromatic hydroxyl groups is 1. The molecule has 0 fully saturated rings. The molecule has 0 unspecified atom stereocenters. The van der Waals surface area contributed by atoms with Crippen LogP contribution >= 0.6 is 11.6 Å². The zero-order valence-corrected chi connectivity index (χ0v) is 13.1. The zero-order valence-electron chi connectivity index (χ0n) is 12.3. The van der Waals surface area contributed by atoms with Crippen LogP contribution in [0.15, 0.2) is 42.5 Å². The van der Waals surface area contributed by atoms with Crippen LogP contribution in [0.2, 0.25) is 5.02 Å². The van der Waals surface area contributed by atoms with Gasteiger partial charge in [0.1, 0.15) is 11.5 Å². The number of aryl methyl sites for hydroxylation is 1. The number of anilines is 1. The van der Waals surface area contributed by atoms with Crippen LogP contribution in [-0.4, -0.2) is 17.6 Å². The van der Waals surface area contributed by atoms with Crippen molar-refractivity contribution in [3.63, 3.8) is 0 Å². The largest absolute Gasteiger partial charge is 0.506 e. The number of nitrogens with one attached hydrogen (secondary N) is 1. The minimum Gasteiger partial charge on any atom is -0.506 e. The number of phenolic OH excluding ortho intramolecular Hbond substituents is 1. The van der Waals surface area contributed by atoms with Crippen LogP contribution in [0.5, 0.6) is 11.5 Å². The summed E-state index contributed by atoms with van der Waals surface area (Å²) in [6.07, 6.45) is 0.905. The van der Waals surface area contributed by atoms with Crippen molar-refractivity contribution in [3.05, 3.63) is 53.1 Å². The summed E-state index contributed by atoms with van der Waals surface area (Å²) in [4.78, 5) is 11.8. The Balaban J connectivity index is 1.73. The van der Waals surface area contributed by atoms with Crippen LogP contribution in [0.1, 0.15) is 18.4 Å². The second-order valence-corrected chi connectivity index (χ2v) is 5.34. The van der Waals surface area contributed by atoms with Gasteiger partial charge in [0.2, 0.25) is 5.91 Å². The van der Waals surface area contributed by atoms with Crippen LogP contribution in [0.4, 0.5) is 5.69 Å². The first-order chi connectivity index (χ1) is 10.6. The van der Waals surface area contributed by atoms with Crippen molar-refractivity contribution in [3.8, 4) is 11.5 Å². The van der Waals surface area contributed by atoms with Crippen LogP contribution in [0, 0.1) is 6.92 Å². The molecule has 1 amide bonds. The molecule has 0 radical (unpaired) electrons. The summed E-state index contributed by atoms with van der Waals surface area (Å²) < 4.78 is 5.58. The van der Waals surface area contributed by atoms with E-state index in [1.54, 1.807) is 30.3 Å². The van der Waals surface area contributed by atoms with Gasteiger partial charge in [-0.2, -0.15) is 0 Å². The van der Waals surface area contributed by atoms with Crippen molar-refractivity contribution in [1.29, 1.82) is 0 Å². The lowest BCUT2D eigenvalue weighted by molar-refractivity contribution is -0.116. The monoisotopic (exact) mass is 319 g/mol. The smallest absolute Gasteiger partial charge is 0.224 e. The topological polar surface area (TPSA) is 58.6 Å². The quantitative estimate of drug-likeness (QED) is 0.621. The Morgan fingerprint density at radius 1 is 1.27 bits per heavy atom. The van der Waals surface area contributed by atoms with E-state index in [-0.39, 0.29) is 11.7 Å². The lowest BCUT2D eigenvalue weighted by atomic mass is 10.2. The van der Waals surface area contributed by atoms with Crippen LogP contribution < -0.4 is 10.1 Å². The molecule has 0 saturated heterocycles. The lowest BCUT2D eigenvalue weighted by Crippen LogP contribution is -2.12. The molecule has 0 aliphatic carbocycles. The molecule has 4 nitrogen and oxygen atoms in total. The average Bonchev–Trinajstić information content (AvgIpc) is 2.49. The third-order valence-corrected chi connectivity index (χ3v) is 3.55. The van der Waals surface area contributed by atoms with Crippen LogP contribution in [0.3, 0.4) is 0 Å². The van der Waals surface area contributed by atoms with E-state index < -0.39 is 0 Å². The highest BCUT2D eigenvalue weighted by molar-refractivity contribution is 6.31. The van der Waals surface area contributed by atoms with Crippen molar-refractivity contribution in [1.82, 2.24) is 0 Å². The molecule has 5 heteroatoms. The van der Waals surface area contributed by atoms with Crippen molar-refractivity contribution in [2.45, 2.75) is 19.8 Å².